The van der Waals surface area contributed by atoms with Crippen molar-refractivity contribution in [1.82, 2.24) is 0 Å². The Bertz CT molecular complexity index is 725. The third-order valence-electron chi connectivity index (χ3n) is 3.28. The van der Waals surface area contributed by atoms with E-state index in [4.69, 9.17) is 14.2 Å². The maximum Gasteiger partial charge on any atom is 0.186 e. The molecule has 2 aromatic rings. The minimum Gasteiger partial charge on any atom is -0.497 e. The number of ether oxygens (including phenoxy) is 3. The number of ketones is 1. The van der Waals surface area contributed by atoms with Gasteiger partial charge in [0.1, 0.15) is 18.1 Å². The molecule has 0 aliphatic carbocycles. The van der Waals surface area contributed by atoms with E-state index in [9.17, 15) is 4.79 Å². The molecule has 0 N–H and O–H groups in total. The highest BCUT2D eigenvalue weighted by atomic mass is 79.9. The van der Waals surface area contributed by atoms with E-state index < -0.39 is 0 Å². The second-order valence-corrected chi connectivity index (χ2v) is 5.81. The molecular weight excluding hydrogens is 372 g/mol. The third kappa shape index (κ3) is 5.22. The second-order valence-electron chi connectivity index (χ2n) is 4.96. The van der Waals surface area contributed by atoms with Crippen LogP contribution in [0.5, 0.6) is 11.5 Å². The normalized spacial score (nSPS) is 10.8. The average molecular weight is 391 g/mol. The van der Waals surface area contributed by atoms with Gasteiger partial charge < -0.3 is 14.2 Å². The summed E-state index contributed by atoms with van der Waals surface area (Å²) < 4.78 is 16.3. The number of hydrogen-bond acceptors (Lipinski definition) is 4. The molecule has 5 heteroatoms. The van der Waals surface area contributed by atoms with Crippen molar-refractivity contribution in [3.05, 3.63) is 64.1 Å². The van der Waals surface area contributed by atoms with Gasteiger partial charge in [-0.25, -0.2) is 0 Å². The zero-order valence-electron chi connectivity index (χ0n) is 13.6. The maximum atomic E-state index is 12.3. The second kappa shape index (κ2) is 9.25. The molecule has 2 rings (SSSR count). The Kier molecular flexibility index (Phi) is 7.03. The van der Waals surface area contributed by atoms with Gasteiger partial charge in [0.05, 0.1) is 13.7 Å². The summed E-state index contributed by atoms with van der Waals surface area (Å²) in [5.41, 5.74) is 1.47. The van der Waals surface area contributed by atoms with Crippen LogP contribution in [0.3, 0.4) is 0 Å². The Morgan fingerprint density at radius 1 is 1.08 bits per heavy atom. The monoisotopic (exact) mass is 390 g/mol. The quantitative estimate of drug-likeness (QED) is 0.381. The van der Waals surface area contributed by atoms with Crippen molar-refractivity contribution in [1.29, 1.82) is 0 Å². The summed E-state index contributed by atoms with van der Waals surface area (Å²) in [5, 5.41) is 0. The summed E-state index contributed by atoms with van der Waals surface area (Å²) in [7, 11) is 3.22. The fraction of sp³-hybridized carbons (Fsp3) is 0.211. The highest BCUT2D eigenvalue weighted by Gasteiger charge is 2.08. The number of carbonyl (C=O) groups excluding carboxylic acids is 1. The van der Waals surface area contributed by atoms with Gasteiger partial charge in [-0.05, 0) is 57.9 Å². The predicted octanol–water partition coefficient (Wildman–Crippen LogP) is 4.38. The van der Waals surface area contributed by atoms with Crippen molar-refractivity contribution in [3.63, 3.8) is 0 Å². The summed E-state index contributed by atoms with van der Waals surface area (Å²) in [6, 6.07) is 12.8. The Morgan fingerprint density at radius 3 is 2.62 bits per heavy atom. The highest BCUT2D eigenvalue weighted by molar-refractivity contribution is 9.10. The molecule has 0 bridgehead atoms. The number of carbonyl (C=O) groups is 1. The van der Waals surface area contributed by atoms with Crippen LogP contribution in [0.4, 0.5) is 0 Å². The molecule has 0 spiro atoms. The predicted molar refractivity (Wildman–Crippen MR) is 97.9 cm³/mol. The first-order valence-electron chi connectivity index (χ1n) is 7.42. The van der Waals surface area contributed by atoms with E-state index in [1.54, 1.807) is 44.6 Å². The van der Waals surface area contributed by atoms with Gasteiger partial charge in [-0.2, -0.15) is 0 Å². The van der Waals surface area contributed by atoms with Crippen LogP contribution in [0, 0.1) is 0 Å². The Balaban J connectivity index is 2.07. The van der Waals surface area contributed by atoms with E-state index in [0.717, 1.165) is 11.3 Å². The maximum absolute atomic E-state index is 12.3. The number of halogens is 1. The molecule has 0 saturated heterocycles. The van der Waals surface area contributed by atoms with E-state index >= 15 is 0 Å². The van der Waals surface area contributed by atoms with Gasteiger partial charge in [0.25, 0.3) is 0 Å². The molecule has 0 amide bonds. The summed E-state index contributed by atoms with van der Waals surface area (Å²) in [6.07, 6.45) is 3.31. The molecule has 0 heterocycles. The van der Waals surface area contributed by atoms with Crippen LogP contribution < -0.4 is 9.47 Å². The molecule has 24 heavy (non-hydrogen) atoms. The van der Waals surface area contributed by atoms with Crippen molar-refractivity contribution in [2.24, 2.45) is 0 Å². The zero-order chi connectivity index (χ0) is 17.4. The van der Waals surface area contributed by atoms with Crippen molar-refractivity contribution in [2.45, 2.75) is 0 Å². The van der Waals surface area contributed by atoms with Gasteiger partial charge in [-0.3, -0.25) is 4.79 Å². The van der Waals surface area contributed by atoms with Gasteiger partial charge in [0, 0.05) is 17.1 Å². The first-order chi connectivity index (χ1) is 11.6. The summed E-state index contributed by atoms with van der Waals surface area (Å²) in [5.74, 6) is 1.35. The first-order valence-corrected chi connectivity index (χ1v) is 8.21. The smallest absolute Gasteiger partial charge is 0.186 e. The van der Waals surface area contributed by atoms with Gasteiger partial charge in [0.15, 0.2) is 5.78 Å². The summed E-state index contributed by atoms with van der Waals surface area (Å²) >= 11 is 3.40. The third-order valence-corrected chi connectivity index (χ3v) is 3.94. The van der Waals surface area contributed by atoms with Crippen molar-refractivity contribution < 1.29 is 19.0 Å². The lowest BCUT2D eigenvalue weighted by Gasteiger charge is -2.06. The number of benzene rings is 2. The van der Waals surface area contributed by atoms with Gasteiger partial charge >= 0.3 is 0 Å². The lowest BCUT2D eigenvalue weighted by atomic mass is 10.1. The molecule has 0 saturated carbocycles. The van der Waals surface area contributed by atoms with E-state index in [-0.39, 0.29) is 5.78 Å². The Labute approximate surface area is 150 Å². The Hall–Kier alpha value is -2.11. The van der Waals surface area contributed by atoms with Gasteiger partial charge in [-0.1, -0.05) is 18.2 Å². The molecular formula is C19H19BrO4. The van der Waals surface area contributed by atoms with Crippen LogP contribution in [-0.4, -0.2) is 33.2 Å². The van der Waals surface area contributed by atoms with Crippen LogP contribution in [0.2, 0.25) is 0 Å². The highest BCUT2D eigenvalue weighted by Crippen LogP contribution is 2.24. The average Bonchev–Trinajstić information content (AvgIpc) is 2.60. The SMILES string of the molecule is COCCOc1cccc(/C=C/C(=O)c2ccc(OC)cc2Br)c1. The minimum atomic E-state index is -0.0877. The van der Waals surface area contributed by atoms with Crippen molar-refractivity contribution in [3.8, 4) is 11.5 Å². The zero-order valence-corrected chi connectivity index (χ0v) is 15.2. The standard InChI is InChI=1S/C19H19BrO4/c1-22-10-11-24-16-5-3-4-14(12-16)6-9-19(21)17-8-7-15(23-2)13-18(17)20/h3-9,12-13H,10-11H2,1-2H3/b9-6+. The fourth-order valence-corrected chi connectivity index (χ4v) is 2.59. The summed E-state index contributed by atoms with van der Waals surface area (Å²) in [6.45, 7) is 1.02. The van der Waals surface area contributed by atoms with Crippen LogP contribution in [0.1, 0.15) is 15.9 Å². The number of hydrogen-bond donors (Lipinski definition) is 0. The molecule has 0 aromatic heterocycles. The summed E-state index contributed by atoms with van der Waals surface area (Å²) in [4.78, 5) is 12.3. The largest absolute Gasteiger partial charge is 0.497 e. The van der Waals surface area contributed by atoms with Crippen LogP contribution in [0.15, 0.2) is 53.0 Å². The topological polar surface area (TPSA) is 44.8 Å². The van der Waals surface area contributed by atoms with Crippen molar-refractivity contribution >= 4 is 27.8 Å². The minimum absolute atomic E-state index is 0.0877. The van der Waals surface area contributed by atoms with Crippen molar-refractivity contribution in [2.75, 3.05) is 27.4 Å². The number of allylic oxidation sites excluding steroid dienone is 1. The number of rotatable bonds is 8. The lowest BCUT2D eigenvalue weighted by Crippen LogP contribution is -2.04. The molecule has 0 unspecified atom stereocenters. The van der Waals surface area contributed by atoms with E-state index in [0.29, 0.717) is 29.0 Å². The van der Waals surface area contributed by atoms with E-state index in [1.807, 2.05) is 24.3 Å². The molecule has 0 aliphatic rings. The molecule has 0 fully saturated rings. The molecule has 0 aliphatic heterocycles. The Morgan fingerprint density at radius 2 is 1.92 bits per heavy atom. The van der Waals surface area contributed by atoms with Gasteiger partial charge in [0.2, 0.25) is 0 Å². The fourth-order valence-electron chi connectivity index (χ4n) is 2.04. The van der Waals surface area contributed by atoms with Crippen LogP contribution in [0.25, 0.3) is 6.08 Å². The first kappa shape index (κ1) is 18.2. The molecule has 126 valence electrons. The molecule has 0 atom stereocenters. The van der Waals surface area contributed by atoms with Crippen LogP contribution in [-0.2, 0) is 4.74 Å². The molecule has 2 aromatic carbocycles. The van der Waals surface area contributed by atoms with Gasteiger partial charge in [-0.15, -0.1) is 0 Å². The van der Waals surface area contributed by atoms with E-state index in [2.05, 4.69) is 15.9 Å². The molecule has 4 nitrogen and oxygen atoms in total. The number of methoxy groups -OCH3 is 2. The lowest BCUT2D eigenvalue weighted by molar-refractivity contribution is 0.104. The van der Waals surface area contributed by atoms with Crippen LogP contribution >= 0.6 is 15.9 Å². The van der Waals surface area contributed by atoms with E-state index in [1.165, 1.54) is 0 Å². The molecule has 0 radical (unpaired) electrons.